The number of hydrogen-bond acceptors (Lipinski definition) is 4. The van der Waals surface area contributed by atoms with Crippen molar-refractivity contribution < 1.29 is 22.6 Å². The number of benzene rings is 3. The topological polar surface area (TPSA) is 91.8 Å². The quantitative estimate of drug-likeness (QED) is 0.568. The van der Waals surface area contributed by atoms with Gasteiger partial charge in [0.25, 0.3) is 21.8 Å². The van der Waals surface area contributed by atoms with Gasteiger partial charge >= 0.3 is 0 Å². The second-order valence-corrected chi connectivity index (χ2v) is 7.48. The summed E-state index contributed by atoms with van der Waals surface area (Å²) >= 11 is 0. The molecular formula is C19H13NO5S. The van der Waals surface area contributed by atoms with Crippen molar-refractivity contribution in [1.29, 1.82) is 0 Å². The molecule has 6 nitrogen and oxygen atoms in total. The Hall–Kier alpha value is -3.03. The van der Waals surface area contributed by atoms with Gasteiger partial charge in [-0.15, -0.1) is 0 Å². The van der Waals surface area contributed by atoms with E-state index in [1.54, 1.807) is 0 Å². The molecule has 0 saturated heterocycles. The second-order valence-electron chi connectivity index (χ2n) is 6.06. The SMILES string of the molecule is O=C1C(=O)N(Cc2ccc3ccccc3c2)c2ccc(S(=O)(=O)O)cc21. The molecule has 26 heavy (non-hydrogen) atoms. The smallest absolute Gasteiger partial charge is 0.299 e. The third-order valence-electron chi connectivity index (χ3n) is 4.40. The highest BCUT2D eigenvalue weighted by atomic mass is 32.2. The van der Waals surface area contributed by atoms with Gasteiger partial charge in [0.15, 0.2) is 0 Å². The Morgan fingerprint density at radius 2 is 1.62 bits per heavy atom. The summed E-state index contributed by atoms with van der Waals surface area (Å²) in [6.45, 7) is 0.188. The molecule has 0 aromatic heterocycles. The molecule has 1 heterocycles. The molecule has 3 aromatic rings. The van der Waals surface area contributed by atoms with Crippen LogP contribution >= 0.6 is 0 Å². The molecule has 0 radical (unpaired) electrons. The maximum atomic E-state index is 12.4. The van der Waals surface area contributed by atoms with E-state index < -0.39 is 26.7 Å². The molecule has 4 rings (SSSR count). The number of carbonyl (C=O) groups excluding carboxylic acids is 2. The van der Waals surface area contributed by atoms with Gasteiger partial charge in [-0.1, -0.05) is 36.4 Å². The van der Waals surface area contributed by atoms with E-state index in [-0.39, 0.29) is 12.1 Å². The number of amides is 1. The van der Waals surface area contributed by atoms with Gasteiger partial charge in [-0.3, -0.25) is 14.1 Å². The lowest BCUT2D eigenvalue weighted by Gasteiger charge is -2.17. The third kappa shape index (κ3) is 2.67. The van der Waals surface area contributed by atoms with Crippen LogP contribution in [-0.4, -0.2) is 24.7 Å². The van der Waals surface area contributed by atoms with E-state index >= 15 is 0 Å². The van der Waals surface area contributed by atoms with Crippen LogP contribution in [0.4, 0.5) is 5.69 Å². The Labute approximate surface area is 149 Å². The summed E-state index contributed by atoms with van der Waals surface area (Å²) in [5.74, 6) is -1.51. The second kappa shape index (κ2) is 5.76. The largest absolute Gasteiger partial charge is 0.300 e. The summed E-state index contributed by atoms with van der Waals surface area (Å²) < 4.78 is 31.7. The zero-order chi connectivity index (χ0) is 18.5. The van der Waals surface area contributed by atoms with E-state index in [9.17, 15) is 18.0 Å². The van der Waals surface area contributed by atoms with Crippen LogP contribution in [0.2, 0.25) is 0 Å². The maximum Gasteiger partial charge on any atom is 0.299 e. The molecule has 0 unspecified atom stereocenters. The van der Waals surface area contributed by atoms with Gasteiger partial charge in [-0.25, -0.2) is 0 Å². The molecular weight excluding hydrogens is 354 g/mol. The Bertz CT molecular complexity index is 1180. The van der Waals surface area contributed by atoms with Crippen LogP contribution in [0, 0.1) is 0 Å². The average Bonchev–Trinajstić information content (AvgIpc) is 2.85. The minimum atomic E-state index is -4.45. The van der Waals surface area contributed by atoms with Crippen molar-refractivity contribution in [2.75, 3.05) is 4.90 Å². The van der Waals surface area contributed by atoms with Crippen molar-refractivity contribution in [3.05, 3.63) is 71.8 Å². The fourth-order valence-electron chi connectivity index (χ4n) is 3.12. The molecule has 1 N–H and O–H groups in total. The highest BCUT2D eigenvalue weighted by Gasteiger charge is 2.36. The molecule has 0 saturated carbocycles. The van der Waals surface area contributed by atoms with Crippen LogP contribution in [0.15, 0.2) is 65.6 Å². The van der Waals surface area contributed by atoms with Crippen molar-refractivity contribution >= 4 is 38.3 Å². The molecule has 0 fully saturated rings. The molecule has 130 valence electrons. The Morgan fingerprint density at radius 1 is 0.885 bits per heavy atom. The Kier molecular flexibility index (Phi) is 3.64. The van der Waals surface area contributed by atoms with Gasteiger partial charge < -0.3 is 4.90 Å². The molecule has 3 aromatic carbocycles. The van der Waals surface area contributed by atoms with E-state index in [1.165, 1.54) is 17.0 Å². The number of nitrogens with zero attached hydrogens (tertiary/aromatic N) is 1. The predicted molar refractivity (Wildman–Crippen MR) is 95.7 cm³/mol. The molecule has 1 amide bonds. The normalized spacial score (nSPS) is 14.1. The van der Waals surface area contributed by atoms with Gasteiger partial charge in [-0.05, 0) is 40.6 Å². The summed E-state index contributed by atoms with van der Waals surface area (Å²) in [5, 5.41) is 2.09. The number of carbonyl (C=O) groups is 2. The minimum absolute atomic E-state index is 0.0223. The molecule has 7 heteroatoms. The Morgan fingerprint density at radius 3 is 2.35 bits per heavy atom. The van der Waals surface area contributed by atoms with Crippen molar-refractivity contribution in [2.24, 2.45) is 0 Å². The van der Waals surface area contributed by atoms with Crippen LogP contribution in [0.5, 0.6) is 0 Å². The van der Waals surface area contributed by atoms with Crippen LogP contribution < -0.4 is 4.90 Å². The van der Waals surface area contributed by atoms with E-state index in [4.69, 9.17) is 4.55 Å². The number of anilines is 1. The van der Waals surface area contributed by atoms with E-state index in [0.717, 1.165) is 22.4 Å². The van der Waals surface area contributed by atoms with Gasteiger partial charge in [0.05, 0.1) is 22.7 Å². The minimum Gasteiger partial charge on any atom is -0.300 e. The predicted octanol–water partition coefficient (Wildman–Crippen LogP) is 2.82. The van der Waals surface area contributed by atoms with Crippen LogP contribution in [0.1, 0.15) is 15.9 Å². The summed E-state index contributed by atoms with van der Waals surface area (Å²) in [7, 11) is -4.45. The van der Waals surface area contributed by atoms with Gasteiger partial charge in [0.1, 0.15) is 0 Å². The number of rotatable bonds is 3. The van der Waals surface area contributed by atoms with Crippen molar-refractivity contribution in [3.8, 4) is 0 Å². The number of hydrogen-bond donors (Lipinski definition) is 1. The lowest BCUT2D eigenvalue weighted by atomic mass is 10.1. The summed E-state index contributed by atoms with van der Waals surface area (Å²) in [6.07, 6.45) is 0. The maximum absolute atomic E-state index is 12.4. The van der Waals surface area contributed by atoms with Gasteiger partial charge in [0.2, 0.25) is 0 Å². The highest BCUT2D eigenvalue weighted by molar-refractivity contribution is 7.85. The Balaban J connectivity index is 1.74. The standard InChI is InChI=1S/C19H13NO5S/c21-18-16-10-15(26(23,24)25)7-8-17(16)20(19(18)22)11-12-5-6-13-3-1-2-4-14(13)9-12/h1-10H,11H2,(H,23,24,25). The fourth-order valence-corrected chi connectivity index (χ4v) is 3.62. The number of ketones is 1. The summed E-state index contributed by atoms with van der Waals surface area (Å²) in [4.78, 5) is 25.5. The zero-order valence-corrected chi connectivity index (χ0v) is 14.2. The molecule has 1 aliphatic rings. The van der Waals surface area contributed by atoms with Crippen LogP contribution in [0.25, 0.3) is 10.8 Å². The fraction of sp³-hybridized carbons (Fsp3) is 0.0526. The molecule has 0 aliphatic carbocycles. The third-order valence-corrected chi connectivity index (χ3v) is 5.24. The first-order chi connectivity index (χ1) is 12.3. The zero-order valence-electron chi connectivity index (χ0n) is 13.4. The van der Waals surface area contributed by atoms with Crippen molar-refractivity contribution in [2.45, 2.75) is 11.4 Å². The summed E-state index contributed by atoms with van der Waals surface area (Å²) in [6, 6.07) is 17.1. The van der Waals surface area contributed by atoms with E-state index in [2.05, 4.69) is 0 Å². The first-order valence-electron chi connectivity index (χ1n) is 7.80. The molecule has 0 spiro atoms. The highest BCUT2D eigenvalue weighted by Crippen LogP contribution is 2.32. The van der Waals surface area contributed by atoms with Crippen molar-refractivity contribution in [3.63, 3.8) is 0 Å². The van der Waals surface area contributed by atoms with Gasteiger partial charge in [-0.2, -0.15) is 8.42 Å². The summed E-state index contributed by atoms with van der Waals surface area (Å²) in [5.41, 5.74) is 1.16. The average molecular weight is 367 g/mol. The van der Waals surface area contributed by atoms with Crippen LogP contribution in [-0.2, 0) is 21.5 Å². The van der Waals surface area contributed by atoms with Gasteiger partial charge in [0, 0.05) is 0 Å². The van der Waals surface area contributed by atoms with E-state index in [1.807, 2.05) is 42.5 Å². The van der Waals surface area contributed by atoms with Crippen molar-refractivity contribution in [1.82, 2.24) is 0 Å². The van der Waals surface area contributed by atoms with E-state index in [0.29, 0.717) is 5.69 Å². The lowest BCUT2D eigenvalue weighted by Crippen LogP contribution is -2.29. The molecule has 1 aliphatic heterocycles. The monoisotopic (exact) mass is 367 g/mol. The molecule has 0 bridgehead atoms. The number of Topliss-reactive ketones (excluding diaryl/α,β-unsaturated/α-hetero) is 1. The molecule has 0 atom stereocenters. The lowest BCUT2D eigenvalue weighted by molar-refractivity contribution is -0.114. The number of fused-ring (bicyclic) bond motifs is 2. The first-order valence-corrected chi connectivity index (χ1v) is 9.24. The first kappa shape index (κ1) is 16.4. The van der Waals surface area contributed by atoms with Crippen LogP contribution in [0.3, 0.4) is 0 Å².